The molecule has 0 heterocycles. The average Bonchev–Trinajstić information content (AvgIpc) is 2.48. The average molecular weight is 318 g/mol. The number of rotatable bonds is 6. The van der Waals surface area contributed by atoms with Crippen LogP contribution in [0, 0.1) is 6.92 Å². The highest BCUT2D eigenvalue weighted by Gasteiger charge is 2.19. The Morgan fingerprint density at radius 3 is 2.32 bits per heavy atom. The summed E-state index contributed by atoms with van der Waals surface area (Å²) in [6.45, 7) is 2.21. The Bertz CT molecular complexity index is 712. The number of benzene rings is 2. The minimum Gasteiger partial charge on any atom is -0.301 e. The highest BCUT2D eigenvalue weighted by Crippen LogP contribution is 2.18. The van der Waals surface area contributed by atoms with Gasteiger partial charge in [0.2, 0.25) is 10.0 Å². The van der Waals surface area contributed by atoms with Gasteiger partial charge in [0.05, 0.1) is 4.90 Å². The Morgan fingerprint density at radius 2 is 1.73 bits per heavy atom. The Labute approximate surface area is 132 Å². The van der Waals surface area contributed by atoms with Crippen LogP contribution in [0.5, 0.6) is 0 Å². The van der Waals surface area contributed by atoms with E-state index in [-0.39, 0.29) is 6.04 Å². The SMILES string of the molecule is Cc1cccc(S(=O)(=O)NCC(c2ccccc2)N(C)C)c1. The fraction of sp³-hybridized carbons (Fsp3) is 0.294. The number of aryl methyl sites for hydroxylation is 1. The van der Waals surface area contributed by atoms with E-state index in [9.17, 15) is 8.42 Å². The zero-order valence-corrected chi connectivity index (χ0v) is 14.0. The van der Waals surface area contributed by atoms with Crippen LogP contribution in [0.2, 0.25) is 0 Å². The van der Waals surface area contributed by atoms with Crippen molar-refractivity contribution in [3.8, 4) is 0 Å². The summed E-state index contributed by atoms with van der Waals surface area (Å²) in [5.41, 5.74) is 2.01. The third kappa shape index (κ3) is 4.16. The molecule has 2 rings (SSSR count). The molecule has 2 aromatic rings. The van der Waals surface area contributed by atoms with Crippen LogP contribution in [-0.2, 0) is 10.0 Å². The summed E-state index contributed by atoms with van der Waals surface area (Å²) in [7, 11) is 0.390. The number of likely N-dealkylation sites (N-methyl/N-ethyl adjacent to an activating group) is 1. The van der Waals surface area contributed by atoms with Crippen molar-refractivity contribution in [1.29, 1.82) is 0 Å². The van der Waals surface area contributed by atoms with Crippen molar-refractivity contribution in [1.82, 2.24) is 9.62 Å². The molecule has 0 saturated heterocycles. The van der Waals surface area contributed by atoms with Crippen LogP contribution in [0.1, 0.15) is 17.2 Å². The Kier molecular flexibility index (Phi) is 5.34. The molecule has 5 heteroatoms. The number of nitrogens with zero attached hydrogens (tertiary/aromatic N) is 1. The lowest BCUT2D eigenvalue weighted by Crippen LogP contribution is -2.34. The summed E-state index contributed by atoms with van der Waals surface area (Å²) >= 11 is 0. The molecular formula is C17H22N2O2S. The van der Waals surface area contributed by atoms with Gasteiger partial charge in [0.25, 0.3) is 0 Å². The first-order chi connectivity index (χ1) is 10.4. The lowest BCUT2D eigenvalue weighted by atomic mass is 10.1. The molecule has 0 bridgehead atoms. The van der Waals surface area contributed by atoms with E-state index in [2.05, 4.69) is 4.72 Å². The highest BCUT2D eigenvalue weighted by molar-refractivity contribution is 7.89. The third-order valence-electron chi connectivity index (χ3n) is 3.57. The fourth-order valence-electron chi connectivity index (χ4n) is 2.33. The van der Waals surface area contributed by atoms with Gasteiger partial charge in [-0.1, -0.05) is 42.5 Å². The van der Waals surface area contributed by atoms with E-state index in [1.807, 2.05) is 62.3 Å². The van der Waals surface area contributed by atoms with Gasteiger partial charge in [0, 0.05) is 12.6 Å². The third-order valence-corrected chi connectivity index (χ3v) is 5.00. The molecule has 0 aliphatic carbocycles. The predicted octanol–water partition coefficient (Wildman–Crippen LogP) is 2.58. The predicted molar refractivity (Wildman–Crippen MR) is 89.2 cm³/mol. The summed E-state index contributed by atoms with van der Waals surface area (Å²) in [5.74, 6) is 0. The van der Waals surface area contributed by atoms with Crippen molar-refractivity contribution in [2.75, 3.05) is 20.6 Å². The minimum atomic E-state index is -3.50. The summed E-state index contributed by atoms with van der Waals surface area (Å²) in [5, 5.41) is 0. The van der Waals surface area contributed by atoms with E-state index in [4.69, 9.17) is 0 Å². The molecule has 118 valence electrons. The van der Waals surface area contributed by atoms with Crippen molar-refractivity contribution in [3.05, 3.63) is 65.7 Å². The molecule has 0 saturated carbocycles. The maximum Gasteiger partial charge on any atom is 0.240 e. The van der Waals surface area contributed by atoms with E-state index in [0.717, 1.165) is 11.1 Å². The summed E-state index contributed by atoms with van der Waals surface area (Å²) in [6.07, 6.45) is 0. The lowest BCUT2D eigenvalue weighted by molar-refractivity contribution is 0.299. The van der Waals surface area contributed by atoms with Crippen LogP contribution >= 0.6 is 0 Å². The van der Waals surface area contributed by atoms with Crippen LogP contribution < -0.4 is 4.72 Å². The molecule has 0 aromatic heterocycles. The van der Waals surface area contributed by atoms with Gasteiger partial charge in [-0.15, -0.1) is 0 Å². The zero-order chi connectivity index (χ0) is 16.2. The Balaban J connectivity index is 2.16. The Hall–Kier alpha value is -1.69. The van der Waals surface area contributed by atoms with Crippen LogP contribution in [0.4, 0.5) is 0 Å². The number of sulfonamides is 1. The van der Waals surface area contributed by atoms with Crippen LogP contribution in [0.15, 0.2) is 59.5 Å². The van der Waals surface area contributed by atoms with Crippen LogP contribution in [0.25, 0.3) is 0 Å². The fourth-order valence-corrected chi connectivity index (χ4v) is 3.47. The molecule has 0 fully saturated rings. The molecule has 22 heavy (non-hydrogen) atoms. The van der Waals surface area contributed by atoms with Crippen molar-refractivity contribution < 1.29 is 8.42 Å². The molecule has 2 aromatic carbocycles. The molecule has 1 atom stereocenters. The van der Waals surface area contributed by atoms with E-state index < -0.39 is 10.0 Å². The molecule has 1 unspecified atom stereocenters. The molecular weight excluding hydrogens is 296 g/mol. The Morgan fingerprint density at radius 1 is 1.05 bits per heavy atom. The minimum absolute atomic E-state index is 0.0132. The van der Waals surface area contributed by atoms with Crippen LogP contribution in [0.3, 0.4) is 0 Å². The van der Waals surface area contributed by atoms with E-state index in [1.54, 1.807) is 18.2 Å². The van der Waals surface area contributed by atoms with Gasteiger partial charge in [0.15, 0.2) is 0 Å². The van der Waals surface area contributed by atoms with Gasteiger partial charge in [-0.3, -0.25) is 0 Å². The van der Waals surface area contributed by atoms with Gasteiger partial charge in [-0.2, -0.15) is 0 Å². The van der Waals surface area contributed by atoms with Crippen molar-refractivity contribution >= 4 is 10.0 Å². The first kappa shape index (κ1) is 16.7. The monoisotopic (exact) mass is 318 g/mol. The summed E-state index contributed by atoms with van der Waals surface area (Å²) < 4.78 is 27.5. The molecule has 4 nitrogen and oxygen atoms in total. The van der Waals surface area contributed by atoms with Crippen LogP contribution in [-0.4, -0.2) is 34.0 Å². The number of hydrogen-bond donors (Lipinski definition) is 1. The lowest BCUT2D eigenvalue weighted by Gasteiger charge is -2.25. The largest absolute Gasteiger partial charge is 0.301 e. The van der Waals surface area contributed by atoms with Crippen molar-refractivity contribution in [2.24, 2.45) is 0 Å². The molecule has 0 aliphatic heterocycles. The second kappa shape index (κ2) is 7.05. The van der Waals surface area contributed by atoms with Crippen molar-refractivity contribution in [3.63, 3.8) is 0 Å². The number of nitrogens with one attached hydrogen (secondary N) is 1. The molecule has 0 aliphatic rings. The van der Waals surface area contributed by atoms with Gasteiger partial charge < -0.3 is 4.90 Å². The molecule has 1 N–H and O–H groups in total. The second-order valence-electron chi connectivity index (χ2n) is 5.56. The topological polar surface area (TPSA) is 49.4 Å². The molecule has 0 radical (unpaired) electrons. The number of hydrogen-bond acceptors (Lipinski definition) is 3. The molecule has 0 amide bonds. The van der Waals surface area contributed by atoms with Gasteiger partial charge in [0.1, 0.15) is 0 Å². The van der Waals surface area contributed by atoms with Gasteiger partial charge in [-0.05, 0) is 44.3 Å². The van der Waals surface area contributed by atoms with E-state index >= 15 is 0 Å². The summed E-state index contributed by atoms with van der Waals surface area (Å²) in [6, 6.07) is 16.8. The van der Waals surface area contributed by atoms with E-state index in [1.165, 1.54) is 0 Å². The highest BCUT2D eigenvalue weighted by atomic mass is 32.2. The smallest absolute Gasteiger partial charge is 0.240 e. The normalized spacial score (nSPS) is 13.3. The molecule has 0 spiro atoms. The first-order valence-electron chi connectivity index (χ1n) is 7.18. The van der Waals surface area contributed by atoms with E-state index in [0.29, 0.717) is 11.4 Å². The quantitative estimate of drug-likeness (QED) is 0.890. The summed E-state index contributed by atoms with van der Waals surface area (Å²) in [4.78, 5) is 2.31. The maximum atomic E-state index is 12.4. The van der Waals surface area contributed by atoms with Crippen molar-refractivity contribution in [2.45, 2.75) is 17.9 Å². The maximum absolute atomic E-state index is 12.4. The second-order valence-corrected chi connectivity index (χ2v) is 7.33. The first-order valence-corrected chi connectivity index (χ1v) is 8.66. The standard InChI is InChI=1S/C17H22N2O2S/c1-14-8-7-11-16(12-14)22(20,21)18-13-17(19(2)3)15-9-5-4-6-10-15/h4-12,17-18H,13H2,1-3H3. The van der Waals surface area contributed by atoms with Gasteiger partial charge in [-0.25, -0.2) is 13.1 Å². The zero-order valence-electron chi connectivity index (χ0n) is 13.2. The van der Waals surface area contributed by atoms with Gasteiger partial charge >= 0.3 is 0 Å².